The highest BCUT2D eigenvalue weighted by molar-refractivity contribution is 5.99. The lowest BCUT2D eigenvalue weighted by molar-refractivity contribution is -0.252. The smallest absolute Gasteiger partial charge is 0.266 e. The minimum atomic E-state index is -3.04. The van der Waals surface area contributed by atoms with Crippen LogP contribution in [-0.4, -0.2) is 34.2 Å². The summed E-state index contributed by atoms with van der Waals surface area (Å²) in [7, 11) is 0. The van der Waals surface area contributed by atoms with Crippen LogP contribution < -0.4 is 16.2 Å². The predicted molar refractivity (Wildman–Crippen MR) is 121 cm³/mol. The second-order valence-electron chi connectivity index (χ2n) is 10.6. The molecule has 4 aliphatic rings. The van der Waals surface area contributed by atoms with Gasteiger partial charge in [0.05, 0.1) is 28.5 Å². The van der Waals surface area contributed by atoms with Gasteiger partial charge in [-0.3, -0.25) is 9.59 Å². The molecule has 1 heterocycles. The van der Waals surface area contributed by atoms with Crippen molar-refractivity contribution in [2.45, 2.75) is 69.1 Å². The van der Waals surface area contributed by atoms with Gasteiger partial charge in [-0.05, 0) is 44.4 Å². The van der Waals surface area contributed by atoms with Crippen LogP contribution in [0, 0.1) is 11.2 Å². The number of alkyl halides is 4. The number of amides is 1. The number of benzene rings is 1. The molecule has 4 fully saturated rings. The number of anilines is 1. The monoisotopic (exact) mass is 511 g/mol. The van der Waals surface area contributed by atoms with Crippen molar-refractivity contribution in [2.75, 3.05) is 11.9 Å². The van der Waals surface area contributed by atoms with Gasteiger partial charge in [-0.25, -0.2) is 22.0 Å². The molecule has 4 saturated carbocycles. The zero-order valence-corrected chi connectivity index (χ0v) is 19.5. The Balaban J connectivity index is 1.44. The van der Waals surface area contributed by atoms with E-state index in [2.05, 4.69) is 10.6 Å². The number of rotatable bonds is 9. The van der Waals surface area contributed by atoms with Crippen molar-refractivity contribution in [2.24, 2.45) is 5.41 Å². The quantitative estimate of drug-likeness (QED) is 0.433. The number of hydrogen-bond acceptors (Lipinski definition) is 4. The van der Waals surface area contributed by atoms with Crippen molar-refractivity contribution in [3.63, 3.8) is 0 Å². The molecule has 3 N–H and O–H groups in total. The number of hydrogen-bond donors (Lipinski definition) is 3. The summed E-state index contributed by atoms with van der Waals surface area (Å²) < 4.78 is 69.2. The van der Waals surface area contributed by atoms with E-state index in [0.717, 1.165) is 22.9 Å². The first-order valence-corrected chi connectivity index (χ1v) is 11.8. The van der Waals surface area contributed by atoms with Gasteiger partial charge in [-0.2, -0.15) is 0 Å². The van der Waals surface area contributed by atoms with Gasteiger partial charge < -0.3 is 20.3 Å². The summed E-state index contributed by atoms with van der Waals surface area (Å²) in [5.74, 6) is -1.92. The maximum atomic E-state index is 14.6. The Labute approximate surface area is 203 Å². The third-order valence-corrected chi connectivity index (χ3v) is 7.82. The third-order valence-electron chi connectivity index (χ3n) is 7.82. The van der Waals surface area contributed by atoms with E-state index in [1.165, 1.54) is 19.1 Å². The number of halogens is 5. The second-order valence-corrected chi connectivity index (χ2v) is 10.6. The van der Waals surface area contributed by atoms with Crippen LogP contribution in [0.4, 0.5) is 27.6 Å². The largest absolute Gasteiger partial charge is 0.390 e. The Morgan fingerprint density at radius 3 is 2.33 bits per heavy atom. The Bertz CT molecular complexity index is 1250. The summed E-state index contributed by atoms with van der Waals surface area (Å²) in [6.07, 6.45) is -2.80. The van der Waals surface area contributed by atoms with Crippen LogP contribution in [0.25, 0.3) is 0 Å². The highest BCUT2D eigenvalue weighted by Gasteiger charge is 2.66. The Morgan fingerprint density at radius 1 is 1.14 bits per heavy atom. The van der Waals surface area contributed by atoms with E-state index in [1.807, 2.05) is 0 Å². The number of nitrogens with zero attached hydrogens (tertiary/aromatic N) is 1. The minimum absolute atomic E-state index is 0.0855. The van der Waals surface area contributed by atoms with Crippen LogP contribution in [0.5, 0.6) is 0 Å². The molecule has 1 unspecified atom stereocenters. The van der Waals surface area contributed by atoms with E-state index < -0.39 is 52.9 Å². The van der Waals surface area contributed by atoms with Crippen LogP contribution in [0.2, 0.25) is 0 Å². The van der Waals surface area contributed by atoms with Crippen molar-refractivity contribution < 1.29 is 31.9 Å². The SMILES string of the molecule is CC(NC(=O)c1cn(C2(C(F)F)CC2)c(=O)cc1NCC12CC(O)(C1)C2)c1cccc(C(F)F)c1F. The molecular weight excluding hydrogens is 485 g/mol. The van der Waals surface area contributed by atoms with Crippen molar-refractivity contribution in [1.29, 1.82) is 0 Å². The van der Waals surface area contributed by atoms with Crippen molar-refractivity contribution in [3.05, 3.63) is 63.3 Å². The Morgan fingerprint density at radius 2 is 1.78 bits per heavy atom. The fourth-order valence-electron chi connectivity index (χ4n) is 5.73. The molecule has 6 rings (SSSR count). The van der Waals surface area contributed by atoms with Crippen molar-refractivity contribution >= 4 is 11.6 Å². The molecular formula is C25H26F5N3O3. The summed E-state index contributed by atoms with van der Waals surface area (Å²) in [5.41, 5.74) is -4.07. The molecule has 6 nitrogen and oxygen atoms in total. The Hall–Kier alpha value is -2.95. The highest BCUT2D eigenvalue weighted by Crippen LogP contribution is 2.67. The van der Waals surface area contributed by atoms with E-state index in [4.69, 9.17) is 0 Å². The lowest BCUT2D eigenvalue weighted by Gasteiger charge is -2.67. The number of aliphatic hydroxyl groups is 1. The van der Waals surface area contributed by atoms with Crippen LogP contribution in [-0.2, 0) is 5.54 Å². The lowest BCUT2D eigenvalue weighted by Crippen LogP contribution is -2.69. The molecule has 36 heavy (non-hydrogen) atoms. The zero-order chi connectivity index (χ0) is 26.0. The second kappa shape index (κ2) is 8.29. The average molecular weight is 511 g/mol. The molecule has 2 aromatic rings. The van der Waals surface area contributed by atoms with E-state index in [0.29, 0.717) is 25.8 Å². The van der Waals surface area contributed by atoms with Gasteiger partial charge in [0.15, 0.2) is 0 Å². The molecule has 1 atom stereocenters. The molecule has 4 aliphatic carbocycles. The summed E-state index contributed by atoms with van der Waals surface area (Å²) in [6, 6.07) is 3.56. The fourth-order valence-corrected chi connectivity index (χ4v) is 5.73. The van der Waals surface area contributed by atoms with Crippen LogP contribution >= 0.6 is 0 Å². The average Bonchev–Trinajstić information content (AvgIpc) is 3.57. The van der Waals surface area contributed by atoms with Gasteiger partial charge in [0.1, 0.15) is 11.4 Å². The number of aromatic nitrogens is 1. The molecule has 0 radical (unpaired) electrons. The molecule has 0 aliphatic heterocycles. The van der Waals surface area contributed by atoms with Gasteiger partial charge in [-0.1, -0.05) is 18.2 Å². The first kappa shape index (κ1) is 24.7. The van der Waals surface area contributed by atoms with Crippen molar-refractivity contribution in [1.82, 2.24) is 9.88 Å². The van der Waals surface area contributed by atoms with Gasteiger partial charge in [0.25, 0.3) is 24.3 Å². The summed E-state index contributed by atoms with van der Waals surface area (Å²) in [5, 5.41) is 15.6. The maximum absolute atomic E-state index is 14.6. The molecule has 0 saturated heterocycles. The van der Waals surface area contributed by atoms with E-state index in [-0.39, 0.29) is 35.1 Å². The molecule has 11 heteroatoms. The van der Waals surface area contributed by atoms with Crippen molar-refractivity contribution in [3.8, 4) is 0 Å². The molecule has 194 valence electrons. The Kier molecular flexibility index (Phi) is 5.70. The van der Waals surface area contributed by atoms with Crippen LogP contribution in [0.15, 0.2) is 35.3 Å². The highest BCUT2D eigenvalue weighted by atomic mass is 19.3. The first-order chi connectivity index (χ1) is 16.9. The summed E-state index contributed by atoms with van der Waals surface area (Å²) >= 11 is 0. The van der Waals surface area contributed by atoms with Gasteiger partial charge in [-0.15, -0.1) is 0 Å². The topological polar surface area (TPSA) is 83.4 Å². The minimum Gasteiger partial charge on any atom is -0.390 e. The standard InChI is InChI=1S/C25H26F5N3O3/c1-13(14-3-2-4-15(19(14)26)20(27)28)32-21(35)16-8-33(25(5-6-25)22(29)30)18(34)7-17(16)31-12-23-9-24(36,10-23)11-23/h2-4,7-8,13,20,22,31,36H,5-6,9-12H2,1H3,(H,32,35). The number of carbonyl (C=O) groups is 1. The molecule has 1 amide bonds. The number of carbonyl (C=O) groups excluding carboxylic acids is 1. The first-order valence-electron chi connectivity index (χ1n) is 11.8. The van der Waals surface area contributed by atoms with Gasteiger partial charge >= 0.3 is 0 Å². The maximum Gasteiger partial charge on any atom is 0.266 e. The number of nitrogens with one attached hydrogen (secondary N) is 2. The lowest BCUT2D eigenvalue weighted by atomic mass is 9.41. The van der Waals surface area contributed by atoms with Gasteiger partial charge in [0, 0.05) is 24.4 Å². The van der Waals surface area contributed by atoms with Crippen LogP contribution in [0.3, 0.4) is 0 Å². The number of pyridine rings is 1. The summed E-state index contributed by atoms with van der Waals surface area (Å²) in [6.45, 7) is 1.79. The normalized spacial score (nSPS) is 26.2. The molecule has 1 aromatic heterocycles. The molecule has 2 bridgehead atoms. The van der Waals surface area contributed by atoms with Crippen LogP contribution in [0.1, 0.15) is 73.0 Å². The van der Waals surface area contributed by atoms with E-state index in [1.54, 1.807) is 0 Å². The predicted octanol–water partition coefficient (Wildman–Crippen LogP) is 4.50. The molecule has 0 spiro atoms. The van der Waals surface area contributed by atoms with Gasteiger partial charge in [0.2, 0.25) is 0 Å². The third kappa shape index (κ3) is 3.97. The molecule has 1 aromatic carbocycles. The summed E-state index contributed by atoms with van der Waals surface area (Å²) in [4.78, 5) is 26.0. The fraction of sp³-hybridized carbons (Fsp3) is 0.520. The van der Waals surface area contributed by atoms with E-state index in [9.17, 15) is 36.6 Å². The van der Waals surface area contributed by atoms with E-state index >= 15 is 0 Å². The zero-order valence-electron chi connectivity index (χ0n) is 19.5.